The van der Waals surface area contributed by atoms with Crippen molar-refractivity contribution in [1.82, 2.24) is 0 Å². The summed E-state index contributed by atoms with van der Waals surface area (Å²) >= 11 is 2.67. The molecule has 0 aliphatic carbocycles. The summed E-state index contributed by atoms with van der Waals surface area (Å²) in [7, 11) is 0. The second-order valence-corrected chi connectivity index (χ2v) is 5.87. The minimum absolute atomic E-state index is 0.466. The van der Waals surface area contributed by atoms with Crippen LogP contribution in [-0.2, 0) is 6.18 Å². The van der Waals surface area contributed by atoms with Gasteiger partial charge in [0, 0.05) is 4.90 Å². The summed E-state index contributed by atoms with van der Waals surface area (Å²) in [5.74, 6) is -1.58. The van der Waals surface area contributed by atoms with Crippen LogP contribution in [0.15, 0.2) is 44.8 Å². The lowest BCUT2D eigenvalue weighted by Crippen LogP contribution is -2.12. The number of halogens is 3. The van der Waals surface area contributed by atoms with Crippen molar-refractivity contribution in [2.75, 3.05) is 0 Å². The fraction of sp³-hybridized carbons (Fsp3) is 0.0833. The number of rotatable bonds is 3. The van der Waals surface area contributed by atoms with Crippen molar-refractivity contribution < 1.29 is 23.1 Å². The van der Waals surface area contributed by atoms with Gasteiger partial charge >= 0.3 is 12.1 Å². The van der Waals surface area contributed by atoms with Crippen molar-refractivity contribution in [2.24, 2.45) is 0 Å². The quantitative estimate of drug-likeness (QED) is 0.899. The molecule has 1 heterocycles. The van der Waals surface area contributed by atoms with Crippen LogP contribution in [0.3, 0.4) is 0 Å². The molecule has 2 nitrogen and oxygen atoms in total. The number of hydrogen-bond acceptors (Lipinski definition) is 3. The van der Waals surface area contributed by atoms with Crippen LogP contribution in [-0.4, -0.2) is 11.1 Å². The van der Waals surface area contributed by atoms with E-state index in [1.54, 1.807) is 0 Å². The summed E-state index contributed by atoms with van der Waals surface area (Å²) in [6, 6.07) is 6.76. The Morgan fingerprint density at radius 3 is 2.53 bits per heavy atom. The third kappa shape index (κ3) is 3.30. The SMILES string of the molecule is O=C(O)c1cc(Sc2cccs2)ccc1C(F)(F)F. The Bertz CT molecular complexity index is 592. The monoisotopic (exact) mass is 304 g/mol. The van der Waals surface area contributed by atoms with E-state index in [2.05, 4.69) is 0 Å². The molecular weight excluding hydrogens is 297 g/mol. The molecule has 0 fully saturated rings. The number of aromatic carboxylic acids is 1. The fourth-order valence-corrected chi connectivity index (χ4v) is 3.24. The second kappa shape index (κ2) is 5.26. The lowest BCUT2D eigenvalue weighted by atomic mass is 10.1. The van der Waals surface area contributed by atoms with Gasteiger partial charge in [-0.2, -0.15) is 13.2 Å². The van der Waals surface area contributed by atoms with Gasteiger partial charge in [-0.25, -0.2) is 4.79 Å². The summed E-state index contributed by atoms with van der Waals surface area (Å²) in [5.41, 5.74) is -1.86. The van der Waals surface area contributed by atoms with Gasteiger partial charge in [-0.1, -0.05) is 17.8 Å². The molecular formula is C12H7F3O2S2. The van der Waals surface area contributed by atoms with Gasteiger partial charge in [0.1, 0.15) is 0 Å². The van der Waals surface area contributed by atoms with Crippen LogP contribution >= 0.6 is 23.1 Å². The first kappa shape index (κ1) is 14.0. The van der Waals surface area contributed by atoms with Crippen molar-refractivity contribution >= 4 is 29.1 Å². The molecule has 19 heavy (non-hydrogen) atoms. The van der Waals surface area contributed by atoms with Crippen LogP contribution in [0.1, 0.15) is 15.9 Å². The van der Waals surface area contributed by atoms with E-state index < -0.39 is 23.3 Å². The molecule has 0 unspecified atom stereocenters. The van der Waals surface area contributed by atoms with Crippen LogP contribution in [0.25, 0.3) is 0 Å². The second-order valence-electron chi connectivity index (χ2n) is 3.54. The first-order valence-electron chi connectivity index (χ1n) is 5.04. The van der Waals surface area contributed by atoms with Crippen molar-refractivity contribution in [3.63, 3.8) is 0 Å². The highest BCUT2D eigenvalue weighted by molar-refractivity contribution is 8.01. The van der Waals surface area contributed by atoms with Crippen molar-refractivity contribution in [1.29, 1.82) is 0 Å². The Balaban J connectivity index is 2.39. The summed E-state index contributed by atoms with van der Waals surface area (Å²) in [4.78, 5) is 11.4. The molecule has 1 N–H and O–H groups in total. The number of alkyl halides is 3. The zero-order valence-electron chi connectivity index (χ0n) is 9.27. The molecule has 0 aliphatic rings. The highest BCUT2D eigenvalue weighted by Crippen LogP contribution is 2.37. The fourth-order valence-electron chi connectivity index (χ4n) is 1.45. The number of benzene rings is 1. The zero-order chi connectivity index (χ0) is 14.0. The predicted molar refractivity (Wildman–Crippen MR) is 66.8 cm³/mol. The van der Waals surface area contributed by atoms with E-state index in [9.17, 15) is 18.0 Å². The van der Waals surface area contributed by atoms with E-state index in [0.29, 0.717) is 4.90 Å². The average Bonchev–Trinajstić information content (AvgIpc) is 2.80. The molecule has 2 aromatic rings. The van der Waals surface area contributed by atoms with Gasteiger partial charge in [0.05, 0.1) is 15.3 Å². The molecule has 0 saturated carbocycles. The Kier molecular flexibility index (Phi) is 3.86. The predicted octanol–water partition coefficient (Wildman–Crippen LogP) is 4.62. The Morgan fingerprint density at radius 1 is 1.26 bits per heavy atom. The lowest BCUT2D eigenvalue weighted by molar-refractivity contribution is -0.138. The Morgan fingerprint density at radius 2 is 2.00 bits per heavy atom. The van der Waals surface area contributed by atoms with Gasteiger partial charge in [0.2, 0.25) is 0 Å². The van der Waals surface area contributed by atoms with E-state index in [1.807, 2.05) is 17.5 Å². The van der Waals surface area contributed by atoms with Crippen molar-refractivity contribution in [3.05, 3.63) is 46.8 Å². The molecule has 2 rings (SSSR count). The van der Waals surface area contributed by atoms with Gasteiger partial charge in [0.15, 0.2) is 0 Å². The summed E-state index contributed by atoms with van der Waals surface area (Å²) in [6.45, 7) is 0. The zero-order valence-corrected chi connectivity index (χ0v) is 10.9. The van der Waals surface area contributed by atoms with Gasteiger partial charge in [-0.05, 0) is 29.6 Å². The molecule has 100 valence electrons. The number of carbonyl (C=O) groups is 1. The van der Waals surface area contributed by atoms with E-state index in [0.717, 1.165) is 16.3 Å². The number of carboxylic acid groups (broad SMARTS) is 1. The molecule has 0 bridgehead atoms. The standard InChI is InChI=1S/C12H7F3O2S2/c13-12(14,15)9-4-3-7(6-8(9)11(16)17)19-10-2-1-5-18-10/h1-6H,(H,16,17). The van der Waals surface area contributed by atoms with Crippen LogP contribution in [0.4, 0.5) is 13.2 Å². The van der Waals surface area contributed by atoms with Gasteiger partial charge in [0.25, 0.3) is 0 Å². The molecule has 0 atom stereocenters. The minimum atomic E-state index is -4.67. The number of thiophene rings is 1. The molecule has 0 aliphatic heterocycles. The van der Waals surface area contributed by atoms with Crippen LogP contribution < -0.4 is 0 Å². The minimum Gasteiger partial charge on any atom is -0.478 e. The van der Waals surface area contributed by atoms with Gasteiger partial charge in [-0.3, -0.25) is 0 Å². The van der Waals surface area contributed by atoms with Crippen molar-refractivity contribution in [3.8, 4) is 0 Å². The maximum Gasteiger partial charge on any atom is 0.417 e. The van der Waals surface area contributed by atoms with Crippen LogP contribution in [0.2, 0.25) is 0 Å². The van der Waals surface area contributed by atoms with Crippen LogP contribution in [0.5, 0.6) is 0 Å². The maximum atomic E-state index is 12.6. The first-order chi connectivity index (χ1) is 8.88. The normalized spacial score (nSPS) is 11.5. The Labute approximate surface area is 114 Å². The third-order valence-electron chi connectivity index (χ3n) is 2.24. The molecule has 1 aromatic carbocycles. The molecule has 0 amide bonds. The molecule has 7 heteroatoms. The number of carboxylic acids is 1. The highest BCUT2D eigenvalue weighted by atomic mass is 32.2. The summed E-state index contributed by atoms with van der Waals surface area (Å²) in [5, 5.41) is 10.7. The molecule has 1 aromatic heterocycles. The Hall–Kier alpha value is -1.47. The smallest absolute Gasteiger partial charge is 0.417 e. The first-order valence-corrected chi connectivity index (χ1v) is 6.73. The largest absolute Gasteiger partial charge is 0.478 e. The maximum absolute atomic E-state index is 12.6. The highest BCUT2D eigenvalue weighted by Gasteiger charge is 2.35. The molecule has 0 saturated heterocycles. The van der Waals surface area contributed by atoms with Crippen LogP contribution in [0, 0.1) is 0 Å². The lowest BCUT2D eigenvalue weighted by Gasteiger charge is -2.11. The van der Waals surface area contributed by atoms with Gasteiger partial charge in [-0.15, -0.1) is 11.3 Å². The van der Waals surface area contributed by atoms with Crippen molar-refractivity contribution in [2.45, 2.75) is 15.3 Å². The van der Waals surface area contributed by atoms with E-state index in [-0.39, 0.29) is 0 Å². The van der Waals surface area contributed by atoms with Gasteiger partial charge < -0.3 is 5.11 Å². The summed E-state index contributed by atoms with van der Waals surface area (Å²) < 4.78 is 38.8. The average molecular weight is 304 g/mol. The molecule has 0 spiro atoms. The summed E-state index contributed by atoms with van der Waals surface area (Å²) in [6.07, 6.45) is -4.67. The topological polar surface area (TPSA) is 37.3 Å². The van der Waals surface area contributed by atoms with E-state index >= 15 is 0 Å². The molecule has 0 radical (unpaired) electrons. The van der Waals surface area contributed by atoms with E-state index in [1.165, 1.54) is 29.2 Å². The number of hydrogen-bond donors (Lipinski definition) is 1. The third-order valence-corrected chi connectivity index (χ3v) is 4.27. The van der Waals surface area contributed by atoms with E-state index in [4.69, 9.17) is 5.11 Å².